The van der Waals surface area contributed by atoms with Gasteiger partial charge in [0.05, 0.1) is 12.6 Å². The van der Waals surface area contributed by atoms with Gasteiger partial charge in [-0.2, -0.15) is 0 Å². The van der Waals surface area contributed by atoms with E-state index in [9.17, 15) is 0 Å². The molecule has 0 fully saturated rings. The van der Waals surface area contributed by atoms with Crippen molar-refractivity contribution in [3.8, 4) is 0 Å². The highest BCUT2D eigenvalue weighted by molar-refractivity contribution is 6.18. The Balaban J connectivity index is 2.51. The molecule has 0 bridgehead atoms. The third-order valence-corrected chi connectivity index (χ3v) is 1.92. The number of aliphatic hydroxyl groups is 1. The highest BCUT2D eigenvalue weighted by atomic mass is 35.5. The van der Waals surface area contributed by atoms with Gasteiger partial charge in [0, 0.05) is 11.6 Å². The predicted molar refractivity (Wildman–Crippen MR) is 51.7 cm³/mol. The van der Waals surface area contributed by atoms with Crippen molar-refractivity contribution in [2.75, 3.05) is 17.8 Å². The van der Waals surface area contributed by atoms with Crippen molar-refractivity contribution in [1.82, 2.24) is 0 Å². The van der Waals surface area contributed by atoms with E-state index in [2.05, 4.69) is 5.32 Å². The fraction of sp³-hybridized carbons (Fsp3) is 0.333. The van der Waals surface area contributed by atoms with Gasteiger partial charge in [-0.25, -0.2) is 0 Å². The lowest BCUT2D eigenvalue weighted by atomic mass is 10.3. The summed E-state index contributed by atoms with van der Waals surface area (Å²) in [6, 6.07) is 9.63. The van der Waals surface area contributed by atoms with E-state index in [1.54, 1.807) is 0 Å². The Morgan fingerprint density at radius 3 is 2.50 bits per heavy atom. The molecule has 2 nitrogen and oxygen atoms in total. The van der Waals surface area contributed by atoms with E-state index >= 15 is 0 Å². The molecule has 12 heavy (non-hydrogen) atoms. The highest BCUT2D eigenvalue weighted by Crippen LogP contribution is 2.07. The van der Waals surface area contributed by atoms with Crippen molar-refractivity contribution >= 4 is 17.3 Å². The van der Waals surface area contributed by atoms with Crippen LogP contribution in [-0.4, -0.2) is 23.6 Å². The van der Waals surface area contributed by atoms with E-state index in [0.29, 0.717) is 5.88 Å². The number of benzene rings is 1. The Hall–Kier alpha value is -0.730. The lowest BCUT2D eigenvalue weighted by Gasteiger charge is -2.13. The van der Waals surface area contributed by atoms with Crippen LogP contribution in [0.15, 0.2) is 30.3 Å². The van der Waals surface area contributed by atoms with Crippen LogP contribution in [0.2, 0.25) is 0 Å². The van der Waals surface area contributed by atoms with Gasteiger partial charge in [-0.05, 0) is 12.1 Å². The van der Waals surface area contributed by atoms with Crippen molar-refractivity contribution in [2.24, 2.45) is 0 Å². The molecule has 0 spiro atoms. The van der Waals surface area contributed by atoms with Crippen molar-refractivity contribution in [2.45, 2.75) is 6.04 Å². The van der Waals surface area contributed by atoms with Crippen LogP contribution in [-0.2, 0) is 0 Å². The van der Waals surface area contributed by atoms with Gasteiger partial charge in [-0.3, -0.25) is 0 Å². The quantitative estimate of drug-likeness (QED) is 0.700. The maximum Gasteiger partial charge on any atom is 0.0644 e. The van der Waals surface area contributed by atoms with Crippen LogP contribution in [0.1, 0.15) is 0 Å². The first kappa shape index (κ1) is 9.36. The average molecular weight is 186 g/mol. The van der Waals surface area contributed by atoms with Gasteiger partial charge in [0.25, 0.3) is 0 Å². The molecule has 2 N–H and O–H groups in total. The van der Waals surface area contributed by atoms with Crippen molar-refractivity contribution < 1.29 is 5.11 Å². The Kier molecular flexibility index (Phi) is 3.91. The minimum atomic E-state index is -0.0610. The Labute approximate surface area is 77.2 Å². The molecule has 0 amide bonds. The summed E-state index contributed by atoms with van der Waals surface area (Å²) in [6.07, 6.45) is 0. The van der Waals surface area contributed by atoms with Crippen molar-refractivity contribution in [3.05, 3.63) is 30.3 Å². The second-order valence-corrected chi connectivity index (χ2v) is 2.85. The lowest BCUT2D eigenvalue weighted by molar-refractivity contribution is 0.282. The highest BCUT2D eigenvalue weighted by Gasteiger charge is 2.03. The molecule has 0 aromatic heterocycles. The molecule has 3 heteroatoms. The fourth-order valence-corrected chi connectivity index (χ4v) is 1.08. The molecule has 1 atom stereocenters. The average Bonchev–Trinajstić information content (AvgIpc) is 2.16. The molecule has 0 radical (unpaired) electrons. The zero-order valence-electron chi connectivity index (χ0n) is 6.70. The molecule has 0 aliphatic rings. The minimum Gasteiger partial charge on any atom is -0.394 e. The van der Waals surface area contributed by atoms with Gasteiger partial charge in [-0.1, -0.05) is 18.2 Å². The standard InChI is InChI=1S/C9H12ClNO/c10-6-9(7-12)11-8-4-2-1-3-5-8/h1-5,9,11-12H,6-7H2. The largest absolute Gasteiger partial charge is 0.394 e. The number of hydrogen-bond acceptors (Lipinski definition) is 2. The first-order valence-corrected chi connectivity index (χ1v) is 4.38. The molecule has 1 unspecified atom stereocenters. The van der Waals surface area contributed by atoms with E-state index in [1.807, 2.05) is 30.3 Å². The van der Waals surface area contributed by atoms with E-state index in [4.69, 9.17) is 16.7 Å². The summed E-state index contributed by atoms with van der Waals surface area (Å²) in [6.45, 7) is 0.0540. The second-order valence-electron chi connectivity index (χ2n) is 2.54. The normalized spacial score (nSPS) is 12.5. The topological polar surface area (TPSA) is 32.3 Å². The third kappa shape index (κ3) is 2.72. The zero-order valence-corrected chi connectivity index (χ0v) is 7.46. The Bertz CT molecular complexity index is 211. The molecule has 0 aliphatic carbocycles. The van der Waals surface area contributed by atoms with Crippen LogP contribution >= 0.6 is 11.6 Å². The Morgan fingerprint density at radius 2 is 2.00 bits per heavy atom. The van der Waals surface area contributed by atoms with Crippen LogP contribution in [0.5, 0.6) is 0 Å². The summed E-state index contributed by atoms with van der Waals surface area (Å²) >= 11 is 5.60. The van der Waals surface area contributed by atoms with E-state index in [1.165, 1.54) is 0 Å². The van der Waals surface area contributed by atoms with E-state index < -0.39 is 0 Å². The van der Waals surface area contributed by atoms with Crippen molar-refractivity contribution in [1.29, 1.82) is 0 Å². The van der Waals surface area contributed by atoms with Gasteiger partial charge in [0.2, 0.25) is 0 Å². The summed E-state index contributed by atoms with van der Waals surface area (Å²) < 4.78 is 0. The SMILES string of the molecule is OCC(CCl)Nc1ccccc1. The van der Waals surface area contributed by atoms with Crippen molar-refractivity contribution in [3.63, 3.8) is 0 Å². The lowest BCUT2D eigenvalue weighted by Crippen LogP contribution is -2.25. The van der Waals surface area contributed by atoms with Gasteiger partial charge in [0.1, 0.15) is 0 Å². The molecule has 1 rings (SSSR count). The summed E-state index contributed by atoms with van der Waals surface area (Å²) in [4.78, 5) is 0. The predicted octanol–water partition coefficient (Wildman–Crippen LogP) is 1.70. The molecule has 0 heterocycles. The molecule has 0 saturated heterocycles. The second kappa shape index (κ2) is 5.01. The minimum absolute atomic E-state index is 0.0540. The third-order valence-electron chi connectivity index (χ3n) is 1.55. The maximum atomic E-state index is 8.84. The summed E-state index contributed by atoms with van der Waals surface area (Å²) in [7, 11) is 0. The van der Waals surface area contributed by atoms with Gasteiger partial charge in [0.15, 0.2) is 0 Å². The fourth-order valence-electron chi connectivity index (χ4n) is 0.903. The molecular weight excluding hydrogens is 174 g/mol. The van der Waals surface area contributed by atoms with Crippen LogP contribution in [0.25, 0.3) is 0 Å². The first-order chi connectivity index (χ1) is 5.86. The number of halogens is 1. The number of para-hydroxylation sites is 1. The summed E-state index contributed by atoms with van der Waals surface area (Å²) in [5.74, 6) is 0.408. The zero-order chi connectivity index (χ0) is 8.81. The summed E-state index contributed by atoms with van der Waals surface area (Å²) in [5.41, 5.74) is 0.984. The number of anilines is 1. The Morgan fingerprint density at radius 1 is 1.33 bits per heavy atom. The number of rotatable bonds is 4. The molecule has 1 aromatic rings. The van der Waals surface area contributed by atoms with Crippen LogP contribution in [0.4, 0.5) is 5.69 Å². The number of aliphatic hydroxyl groups excluding tert-OH is 1. The number of hydrogen-bond donors (Lipinski definition) is 2. The molecule has 1 aromatic carbocycles. The van der Waals surface area contributed by atoms with E-state index in [-0.39, 0.29) is 12.6 Å². The van der Waals surface area contributed by atoms with Crippen LogP contribution in [0, 0.1) is 0 Å². The molecule has 66 valence electrons. The molecular formula is C9H12ClNO. The van der Waals surface area contributed by atoms with Crippen LogP contribution in [0.3, 0.4) is 0 Å². The van der Waals surface area contributed by atoms with E-state index in [0.717, 1.165) is 5.69 Å². The number of alkyl halides is 1. The first-order valence-electron chi connectivity index (χ1n) is 3.85. The molecule has 0 saturated carbocycles. The maximum absolute atomic E-state index is 8.84. The van der Waals surface area contributed by atoms with Gasteiger partial charge < -0.3 is 10.4 Å². The summed E-state index contributed by atoms with van der Waals surface area (Å²) in [5, 5.41) is 11.9. The van der Waals surface area contributed by atoms with Gasteiger partial charge in [-0.15, -0.1) is 11.6 Å². The number of nitrogens with one attached hydrogen (secondary N) is 1. The van der Waals surface area contributed by atoms with Crippen LogP contribution < -0.4 is 5.32 Å². The monoisotopic (exact) mass is 185 g/mol. The molecule has 0 aliphatic heterocycles. The smallest absolute Gasteiger partial charge is 0.0644 e. The van der Waals surface area contributed by atoms with Gasteiger partial charge >= 0.3 is 0 Å².